The minimum atomic E-state index is -5.12. The summed E-state index contributed by atoms with van der Waals surface area (Å²) in [5, 5.41) is 20.0. The summed E-state index contributed by atoms with van der Waals surface area (Å²) in [6.07, 6.45) is 2.85. The highest BCUT2D eigenvalue weighted by molar-refractivity contribution is 7.46. The molecule has 11 N–H and O–H groups in total. The number of carbonyl (C=O) groups excluding carboxylic acids is 6. The lowest BCUT2D eigenvalue weighted by Gasteiger charge is -2.31. The average molecular weight is 890 g/mol. The fourth-order valence-electron chi connectivity index (χ4n) is 6.39. The van der Waals surface area contributed by atoms with Crippen LogP contribution in [0.4, 0.5) is 0 Å². The zero-order valence-corrected chi connectivity index (χ0v) is 37.4. The van der Waals surface area contributed by atoms with E-state index in [1.54, 1.807) is 4.57 Å². The number of aryl methyl sites for hydroxylation is 1. The predicted molar refractivity (Wildman–Crippen MR) is 221 cm³/mol. The number of nitrogens with one attached hydrogen (secondary N) is 4. The SMILES string of the molecule is CC(C)C[C@H](NC(=O)[C@@H]1CCCN1C(=O)CCOC(C)(C)COC(C)(C)C)C(=O)N[C@@H](Cc1cncn1CCCN)C(=O)N[C@@H](CO)C(=O)N[C@H](C(N)=O)[C@@H](C)OP(=O)(O)O. The molecular formula is C38H68N9O13P. The normalized spacial score (nSPS) is 17.3. The minimum absolute atomic E-state index is 0.0214. The second kappa shape index (κ2) is 24.0. The maximum atomic E-state index is 14.1. The van der Waals surface area contributed by atoms with Crippen LogP contribution in [0.1, 0.15) is 93.2 Å². The molecule has 1 aliphatic heterocycles. The Morgan fingerprint density at radius 3 is 2.15 bits per heavy atom. The van der Waals surface area contributed by atoms with Crippen molar-refractivity contribution in [2.24, 2.45) is 17.4 Å². The van der Waals surface area contributed by atoms with Gasteiger partial charge in [-0.2, -0.15) is 0 Å². The minimum Gasteiger partial charge on any atom is -0.394 e. The zero-order chi connectivity index (χ0) is 46.3. The first-order chi connectivity index (χ1) is 28.3. The maximum Gasteiger partial charge on any atom is 0.469 e. The third kappa shape index (κ3) is 18.9. The van der Waals surface area contributed by atoms with E-state index in [1.165, 1.54) is 17.4 Å². The first-order valence-corrected chi connectivity index (χ1v) is 21.9. The number of aromatic nitrogens is 2. The average Bonchev–Trinajstić information content (AvgIpc) is 3.82. The number of hydrogen-bond acceptors (Lipinski definition) is 13. The van der Waals surface area contributed by atoms with Gasteiger partial charge in [0.15, 0.2) is 0 Å². The van der Waals surface area contributed by atoms with Gasteiger partial charge in [-0.15, -0.1) is 0 Å². The van der Waals surface area contributed by atoms with E-state index in [0.29, 0.717) is 51.2 Å². The van der Waals surface area contributed by atoms with Crippen LogP contribution in [0.2, 0.25) is 0 Å². The van der Waals surface area contributed by atoms with Crippen LogP contribution < -0.4 is 32.7 Å². The number of primary amides is 1. The van der Waals surface area contributed by atoms with Gasteiger partial charge in [-0.25, -0.2) is 9.55 Å². The number of nitrogens with two attached hydrogens (primary N) is 2. The molecule has 1 aliphatic rings. The van der Waals surface area contributed by atoms with Crippen molar-refractivity contribution in [3.63, 3.8) is 0 Å². The molecule has 0 bridgehead atoms. The Morgan fingerprint density at radius 2 is 1.57 bits per heavy atom. The van der Waals surface area contributed by atoms with E-state index in [-0.39, 0.29) is 43.3 Å². The number of hydrogen-bond donors (Lipinski definition) is 9. The fraction of sp³-hybridized carbons (Fsp3) is 0.763. The van der Waals surface area contributed by atoms with Gasteiger partial charge in [0, 0.05) is 31.4 Å². The van der Waals surface area contributed by atoms with Crippen molar-refractivity contribution in [1.29, 1.82) is 0 Å². The van der Waals surface area contributed by atoms with Crippen molar-refractivity contribution in [2.45, 2.75) is 148 Å². The molecule has 0 spiro atoms. The van der Waals surface area contributed by atoms with Gasteiger partial charge >= 0.3 is 7.82 Å². The summed E-state index contributed by atoms with van der Waals surface area (Å²) < 4.78 is 29.4. The Balaban J connectivity index is 2.29. The molecule has 6 amide bonds. The standard InChI is InChI=1S/C38H68N9O13P/c1-23(2)17-26(43-36(54)29-11-9-15-47(29)30(49)12-16-58-38(7,8)21-59-37(4,5)6)33(51)42-27(18-25-19-41-22-46(25)14-10-13-39)34(52)44-28(20-48)35(53)45-31(32(40)50)24(3)60-61(55,56)57/h19,22-24,26-29,31,48H,9-18,20-21,39H2,1-8H3,(H2,40,50)(H,42,51)(H,43,54)(H,44,52)(H,45,53)(H2,55,56,57)/t24-,26+,27+,28+,29+,31+/m1/s1. The number of phosphoric acid groups is 1. The largest absolute Gasteiger partial charge is 0.469 e. The van der Waals surface area contributed by atoms with Crippen LogP contribution in [0.25, 0.3) is 0 Å². The van der Waals surface area contributed by atoms with Crippen molar-refractivity contribution in [1.82, 2.24) is 35.7 Å². The molecule has 6 atom stereocenters. The first-order valence-electron chi connectivity index (χ1n) is 20.4. The topological polar surface area (TPSA) is 329 Å². The van der Waals surface area contributed by atoms with Crippen LogP contribution in [0.15, 0.2) is 12.5 Å². The molecule has 0 unspecified atom stereocenters. The Labute approximate surface area is 357 Å². The lowest BCUT2D eigenvalue weighted by Crippen LogP contribution is -2.61. The third-order valence-corrected chi connectivity index (χ3v) is 10.1. The van der Waals surface area contributed by atoms with Gasteiger partial charge < -0.3 is 66.6 Å². The molecule has 1 saturated heterocycles. The highest BCUT2D eigenvalue weighted by Gasteiger charge is 2.38. The van der Waals surface area contributed by atoms with Crippen LogP contribution in [0.5, 0.6) is 0 Å². The van der Waals surface area contributed by atoms with Crippen molar-refractivity contribution in [3.05, 3.63) is 18.2 Å². The fourth-order valence-corrected chi connectivity index (χ4v) is 6.94. The van der Waals surface area contributed by atoms with Crippen LogP contribution in [0, 0.1) is 5.92 Å². The lowest BCUT2D eigenvalue weighted by molar-refractivity contribution is -0.143. The van der Waals surface area contributed by atoms with Crippen molar-refractivity contribution < 1.29 is 62.2 Å². The van der Waals surface area contributed by atoms with E-state index >= 15 is 0 Å². The molecule has 0 aliphatic carbocycles. The van der Waals surface area contributed by atoms with Gasteiger partial charge in [0.05, 0.1) is 49.9 Å². The highest BCUT2D eigenvalue weighted by Crippen LogP contribution is 2.38. The summed E-state index contributed by atoms with van der Waals surface area (Å²) in [5.41, 5.74) is 10.5. The molecule has 1 aromatic rings. The zero-order valence-electron chi connectivity index (χ0n) is 36.5. The molecular weight excluding hydrogens is 821 g/mol. The van der Waals surface area contributed by atoms with Gasteiger partial charge in [-0.1, -0.05) is 13.8 Å². The summed E-state index contributed by atoms with van der Waals surface area (Å²) in [6.45, 7) is 14.8. The number of rotatable bonds is 26. The summed E-state index contributed by atoms with van der Waals surface area (Å²) >= 11 is 0. The van der Waals surface area contributed by atoms with E-state index in [2.05, 4.69) is 30.8 Å². The molecule has 1 fully saturated rings. The van der Waals surface area contributed by atoms with E-state index in [9.17, 15) is 48.2 Å². The number of nitrogens with zero attached hydrogens (tertiary/aromatic N) is 3. The van der Waals surface area contributed by atoms with E-state index < -0.39 is 85.9 Å². The Bertz CT molecular complexity index is 1680. The smallest absolute Gasteiger partial charge is 0.394 e. The summed E-state index contributed by atoms with van der Waals surface area (Å²) in [4.78, 5) is 104. The third-order valence-electron chi connectivity index (χ3n) is 9.52. The number of aliphatic hydroxyl groups excluding tert-OH is 1. The number of ether oxygens (including phenoxy) is 2. The molecule has 23 heteroatoms. The van der Waals surface area contributed by atoms with Gasteiger partial charge in [0.1, 0.15) is 30.2 Å². The molecule has 2 rings (SSSR count). The molecule has 1 aromatic heterocycles. The van der Waals surface area contributed by atoms with Gasteiger partial charge in [0.2, 0.25) is 35.4 Å². The quantitative estimate of drug-likeness (QED) is 0.0490. The number of likely N-dealkylation sites (tertiary alicyclic amines) is 1. The summed E-state index contributed by atoms with van der Waals surface area (Å²) in [7, 11) is -5.12. The first kappa shape index (κ1) is 53.1. The molecule has 0 radical (unpaired) electrons. The van der Waals surface area contributed by atoms with Crippen LogP contribution in [-0.2, 0) is 60.3 Å². The van der Waals surface area contributed by atoms with Crippen LogP contribution >= 0.6 is 7.82 Å². The Kier molecular flexibility index (Phi) is 20.9. The number of aliphatic hydroxyl groups is 1. The van der Waals surface area contributed by atoms with Crippen LogP contribution in [0.3, 0.4) is 0 Å². The maximum absolute atomic E-state index is 14.1. The monoisotopic (exact) mass is 889 g/mol. The van der Waals surface area contributed by atoms with E-state index in [1.807, 2.05) is 48.5 Å². The van der Waals surface area contributed by atoms with Crippen LogP contribution in [-0.4, -0.2) is 145 Å². The van der Waals surface area contributed by atoms with Gasteiger partial charge in [-0.05, 0) is 79.7 Å². The predicted octanol–water partition coefficient (Wildman–Crippen LogP) is -1.27. The van der Waals surface area contributed by atoms with Gasteiger partial charge in [-0.3, -0.25) is 33.3 Å². The lowest BCUT2D eigenvalue weighted by atomic mass is 10.0. The Hall–Kier alpha value is -4.02. The summed E-state index contributed by atoms with van der Waals surface area (Å²) in [6, 6.07) is -6.99. The second-order valence-corrected chi connectivity index (χ2v) is 18.3. The molecule has 2 heterocycles. The number of amides is 6. The number of imidazole rings is 1. The van der Waals surface area contributed by atoms with Crippen molar-refractivity contribution in [2.75, 3.05) is 32.9 Å². The summed E-state index contributed by atoms with van der Waals surface area (Å²) in [5.74, 6) is -5.06. The molecule has 0 saturated carbocycles. The van der Waals surface area contributed by atoms with Crippen molar-refractivity contribution >= 4 is 43.3 Å². The highest BCUT2D eigenvalue weighted by atomic mass is 31.2. The van der Waals surface area contributed by atoms with E-state index in [0.717, 1.165) is 6.92 Å². The number of phosphoric ester groups is 1. The number of carbonyl (C=O) groups is 6. The van der Waals surface area contributed by atoms with Crippen molar-refractivity contribution in [3.8, 4) is 0 Å². The van der Waals surface area contributed by atoms with Gasteiger partial charge in [0.25, 0.3) is 0 Å². The second-order valence-electron chi connectivity index (χ2n) is 17.1. The molecule has 0 aromatic carbocycles. The Morgan fingerprint density at radius 1 is 0.951 bits per heavy atom. The van der Waals surface area contributed by atoms with E-state index in [4.69, 9.17) is 20.9 Å². The molecule has 61 heavy (non-hydrogen) atoms. The molecule has 22 nitrogen and oxygen atoms in total. The molecule has 348 valence electrons.